The van der Waals surface area contributed by atoms with Crippen molar-refractivity contribution in [2.75, 3.05) is 11.9 Å². The standard InChI is InChI=1S/C30H42FN7S/c1-9-12-25(10-2)38(23(7)34-27-26-16-15-24(19-32)35-28(26)37-36-27)22(6)20(4)13-14-21(5)29(39)33-18-17-30(8,31)11-3/h13-16,25H,5,7,9-12,17-18H2,1-4,6,8H3,(H,33,39)(H2,34,35,36,37)/b14-13-,22-20+. The summed E-state index contributed by atoms with van der Waals surface area (Å²) in [4.78, 5) is 7.01. The number of aromatic amines is 1. The van der Waals surface area contributed by atoms with Gasteiger partial charge in [-0.05, 0) is 64.2 Å². The molecule has 0 bridgehead atoms. The van der Waals surface area contributed by atoms with Gasteiger partial charge in [0.15, 0.2) is 11.5 Å². The van der Waals surface area contributed by atoms with Crippen LogP contribution in [0.25, 0.3) is 11.0 Å². The summed E-state index contributed by atoms with van der Waals surface area (Å²) in [5.74, 6) is 1.29. The van der Waals surface area contributed by atoms with Crippen molar-refractivity contribution in [2.24, 2.45) is 0 Å². The third kappa shape index (κ3) is 8.75. The predicted molar refractivity (Wildman–Crippen MR) is 164 cm³/mol. The topological polar surface area (TPSA) is 92.7 Å². The monoisotopic (exact) mass is 551 g/mol. The highest BCUT2D eigenvalue weighted by Crippen LogP contribution is 2.27. The Labute approximate surface area is 238 Å². The smallest absolute Gasteiger partial charge is 0.162 e. The number of alkyl halides is 1. The van der Waals surface area contributed by atoms with Gasteiger partial charge in [0.05, 0.1) is 5.39 Å². The Kier molecular flexibility index (Phi) is 11.9. The molecule has 7 nitrogen and oxygen atoms in total. The van der Waals surface area contributed by atoms with Gasteiger partial charge in [0, 0.05) is 23.9 Å². The van der Waals surface area contributed by atoms with Crippen LogP contribution in [0.1, 0.15) is 79.3 Å². The van der Waals surface area contributed by atoms with Crippen LogP contribution in [0.2, 0.25) is 0 Å². The Hall–Kier alpha value is -3.51. The molecule has 0 fully saturated rings. The zero-order valence-electron chi connectivity index (χ0n) is 24.1. The highest BCUT2D eigenvalue weighted by Gasteiger charge is 2.22. The van der Waals surface area contributed by atoms with E-state index in [0.717, 1.165) is 35.9 Å². The Balaban J connectivity index is 2.24. The lowest BCUT2D eigenvalue weighted by Gasteiger charge is -2.36. The summed E-state index contributed by atoms with van der Waals surface area (Å²) in [7, 11) is 0. The van der Waals surface area contributed by atoms with E-state index >= 15 is 0 Å². The second-order valence-corrected chi connectivity index (χ2v) is 10.4. The first kappa shape index (κ1) is 31.7. The minimum atomic E-state index is -1.21. The molecule has 0 saturated carbocycles. The Morgan fingerprint density at radius 1 is 1.28 bits per heavy atom. The van der Waals surface area contributed by atoms with Crippen LogP contribution in [-0.2, 0) is 0 Å². The summed E-state index contributed by atoms with van der Waals surface area (Å²) < 4.78 is 14.2. The number of fused-ring (bicyclic) bond motifs is 1. The number of anilines is 1. The third-order valence-corrected chi connectivity index (χ3v) is 7.38. The van der Waals surface area contributed by atoms with Gasteiger partial charge in [-0.25, -0.2) is 9.37 Å². The molecular weight excluding hydrogens is 509 g/mol. The van der Waals surface area contributed by atoms with E-state index in [1.54, 1.807) is 13.0 Å². The lowest BCUT2D eigenvalue weighted by atomic mass is 10.0. The molecule has 0 amide bonds. The van der Waals surface area contributed by atoms with Crippen molar-refractivity contribution in [1.29, 1.82) is 5.26 Å². The lowest BCUT2D eigenvalue weighted by Crippen LogP contribution is -2.35. The van der Waals surface area contributed by atoms with E-state index in [1.807, 2.05) is 38.1 Å². The number of hydrogen-bond donors (Lipinski definition) is 3. The molecule has 2 heterocycles. The van der Waals surface area contributed by atoms with E-state index in [4.69, 9.17) is 17.5 Å². The molecule has 0 saturated heterocycles. The summed E-state index contributed by atoms with van der Waals surface area (Å²) in [6.45, 7) is 20.8. The SMILES string of the molecule is C=C(/C=C\C(C)=C(/C)N(C(=C)Nc1n[nH]c2nc(C#N)ccc12)C(CC)CCC)C(=S)NCCC(C)(F)CC. The summed E-state index contributed by atoms with van der Waals surface area (Å²) >= 11 is 5.46. The van der Waals surface area contributed by atoms with Gasteiger partial charge in [0.25, 0.3) is 0 Å². The molecule has 0 radical (unpaired) electrons. The lowest BCUT2D eigenvalue weighted by molar-refractivity contribution is 0.170. The van der Waals surface area contributed by atoms with Crippen molar-refractivity contribution in [1.82, 2.24) is 25.4 Å². The van der Waals surface area contributed by atoms with E-state index in [-0.39, 0.29) is 6.04 Å². The molecule has 2 atom stereocenters. The summed E-state index contributed by atoms with van der Waals surface area (Å²) in [5, 5.41) is 23.7. The zero-order chi connectivity index (χ0) is 29.2. The van der Waals surface area contributed by atoms with Crippen LogP contribution in [0.3, 0.4) is 0 Å². The predicted octanol–water partition coefficient (Wildman–Crippen LogP) is 7.44. The van der Waals surface area contributed by atoms with Crippen LogP contribution in [-0.4, -0.2) is 43.3 Å². The summed E-state index contributed by atoms with van der Waals surface area (Å²) in [6, 6.07) is 5.76. The number of aromatic nitrogens is 3. The van der Waals surface area contributed by atoms with Crippen LogP contribution in [0.4, 0.5) is 10.2 Å². The van der Waals surface area contributed by atoms with Crippen LogP contribution in [0, 0.1) is 11.3 Å². The molecule has 39 heavy (non-hydrogen) atoms. The summed E-state index contributed by atoms with van der Waals surface area (Å²) in [6.07, 6.45) is 7.69. The van der Waals surface area contributed by atoms with Gasteiger partial charge in [-0.15, -0.1) is 0 Å². The van der Waals surface area contributed by atoms with E-state index in [0.29, 0.717) is 52.9 Å². The van der Waals surface area contributed by atoms with Gasteiger partial charge >= 0.3 is 0 Å². The van der Waals surface area contributed by atoms with Gasteiger partial charge in [-0.2, -0.15) is 10.4 Å². The molecule has 2 aromatic heterocycles. The molecule has 3 N–H and O–H groups in total. The molecule has 0 aliphatic rings. The number of allylic oxidation sites excluding steroid dienone is 3. The fourth-order valence-electron chi connectivity index (χ4n) is 4.14. The maximum Gasteiger partial charge on any atom is 0.162 e. The maximum atomic E-state index is 14.2. The highest BCUT2D eigenvalue weighted by atomic mass is 32.1. The minimum absolute atomic E-state index is 0.228. The molecule has 0 aromatic carbocycles. The van der Waals surface area contributed by atoms with Crippen molar-refractivity contribution in [3.63, 3.8) is 0 Å². The maximum absolute atomic E-state index is 14.2. The van der Waals surface area contributed by atoms with Gasteiger partial charge < -0.3 is 15.5 Å². The van der Waals surface area contributed by atoms with Crippen molar-refractivity contribution < 1.29 is 4.39 Å². The molecule has 0 spiro atoms. The molecule has 210 valence electrons. The first-order valence-corrected chi connectivity index (χ1v) is 13.9. The van der Waals surface area contributed by atoms with Crippen molar-refractivity contribution in [2.45, 2.75) is 85.4 Å². The van der Waals surface area contributed by atoms with Crippen molar-refractivity contribution in [3.05, 3.63) is 65.8 Å². The molecule has 0 aliphatic heterocycles. The van der Waals surface area contributed by atoms with Gasteiger partial charge in [0.2, 0.25) is 0 Å². The van der Waals surface area contributed by atoms with Gasteiger partial charge in [0.1, 0.15) is 28.2 Å². The van der Waals surface area contributed by atoms with Crippen LogP contribution < -0.4 is 10.6 Å². The van der Waals surface area contributed by atoms with Crippen molar-refractivity contribution in [3.8, 4) is 6.07 Å². The molecule has 2 rings (SSSR count). The fourth-order valence-corrected chi connectivity index (χ4v) is 4.31. The van der Waals surface area contributed by atoms with E-state index in [2.05, 4.69) is 64.6 Å². The number of halogens is 1. The fraction of sp³-hybridized carbons (Fsp3) is 0.467. The van der Waals surface area contributed by atoms with E-state index in [9.17, 15) is 4.39 Å². The van der Waals surface area contributed by atoms with Crippen LogP contribution >= 0.6 is 12.2 Å². The van der Waals surface area contributed by atoms with Gasteiger partial charge in [-0.1, -0.05) is 64.7 Å². The number of hydrogen-bond acceptors (Lipinski definition) is 6. The highest BCUT2D eigenvalue weighted by molar-refractivity contribution is 7.80. The second-order valence-electron chi connectivity index (χ2n) is 9.97. The minimum Gasteiger partial charge on any atom is -0.376 e. The molecule has 0 aliphatic carbocycles. The number of H-pyrrole nitrogens is 1. The average Bonchev–Trinajstić information content (AvgIpc) is 3.32. The van der Waals surface area contributed by atoms with E-state index < -0.39 is 5.67 Å². The summed E-state index contributed by atoms with van der Waals surface area (Å²) in [5.41, 5.74) is 2.40. The van der Waals surface area contributed by atoms with Crippen LogP contribution in [0.5, 0.6) is 0 Å². The Morgan fingerprint density at radius 3 is 2.62 bits per heavy atom. The van der Waals surface area contributed by atoms with Crippen LogP contribution in [0.15, 0.2) is 60.1 Å². The number of nitriles is 1. The van der Waals surface area contributed by atoms with Gasteiger partial charge in [-0.3, -0.25) is 5.10 Å². The first-order valence-electron chi connectivity index (χ1n) is 13.5. The molecule has 2 unspecified atom stereocenters. The number of pyridine rings is 1. The number of rotatable bonds is 15. The Bertz CT molecular complexity index is 1280. The number of nitrogens with zero attached hydrogens (tertiary/aromatic N) is 4. The average molecular weight is 552 g/mol. The number of thiocarbonyl (C=S) groups is 1. The largest absolute Gasteiger partial charge is 0.376 e. The first-order chi connectivity index (χ1) is 18.5. The quantitative estimate of drug-likeness (QED) is 0.120. The second kappa shape index (κ2) is 14.6. The number of nitrogens with one attached hydrogen (secondary N) is 3. The molecule has 9 heteroatoms. The Morgan fingerprint density at radius 2 is 2.00 bits per heavy atom. The molecular formula is C30H42FN7S. The normalized spacial score (nSPS) is 14.3. The zero-order valence-corrected chi connectivity index (χ0v) is 24.9. The molecule has 2 aromatic rings. The van der Waals surface area contributed by atoms with Crippen molar-refractivity contribution >= 4 is 34.1 Å². The third-order valence-electron chi connectivity index (χ3n) is 6.98. The van der Waals surface area contributed by atoms with E-state index in [1.165, 1.54) is 0 Å².